The van der Waals surface area contributed by atoms with Gasteiger partial charge in [-0.2, -0.15) is 9.94 Å². The zero-order valence-electron chi connectivity index (χ0n) is 14.7. The number of nitriles is 1. The molecule has 0 saturated carbocycles. The quantitative estimate of drug-likeness (QED) is 0.620. The lowest BCUT2D eigenvalue weighted by molar-refractivity contribution is -0.122. The number of amides is 1. The van der Waals surface area contributed by atoms with Crippen LogP contribution in [0.25, 0.3) is 16.6 Å². The summed E-state index contributed by atoms with van der Waals surface area (Å²) in [5.41, 5.74) is 4.09. The number of hydrogen-bond acceptors (Lipinski definition) is 5. The average Bonchev–Trinajstić information content (AvgIpc) is 3.11. The number of anilines is 1. The van der Waals surface area contributed by atoms with Crippen LogP contribution in [-0.4, -0.2) is 22.3 Å². The highest BCUT2D eigenvalue weighted by atomic mass is 16.2. The molecule has 1 spiro atoms. The van der Waals surface area contributed by atoms with E-state index in [2.05, 4.69) is 0 Å². The van der Waals surface area contributed by atoms with Gasteiger partial charge in [0.1, 0.15) is 17.5 Å². The van der Waals surface area contributed by atoms with Crippen LogP contribution < -0.4 is 21.8 Å². The Morgan fingerprint density at radius 1 is 0.964 bits per heavy atom. The maximum Gasteiger partial charge on any atom is 0.279 e. The summed E-state index contributed by atoms with van der Waals surface area (Å²) in [5.74, 6) is -0.731. The molecule has 2 aliphatic rings. The topological polar surface area (TPSA) is 114 Å². The molecule has 8 nitrogen and oxygen atoms in total. The van der Waals surface area contributed by atoms with Gasteiger partial charge < -0.3 is 10.6 Å². The fourth-order valence-electron chi connectivity index (χ4n) is 4.31. The second kappa shape index (κ2) is 4.98. The Kier molecular flexibility index (Phi) is 2.86. The molecule has 3 heterocycles. The van der Waals surface area contributed by atoms with E-state index in [1.807, 2.05) is 6.07 Å². The summed E-state index contributed by atoms with van der Waals surface area (Å²) in [6.45, 7) is 0. The third-order valence-corrected chi connectivity index (χ3v) is 5.52. The smallest absolute Gasteiger partial charge is 0.279 e. The Morgan fingerprint density at radius 3 is 2.25 bits per heavy atom. The van der Waals surface area contributed by atoms with Crippen molar-refractivity contribution in [3.8, 4) is 6.07 Å². The van der Waals surface area contributed by atoms with Gasteiger partial charge in [0.2, 0.25) is 5.54 Å². The van der Waals surface area contributed by atoms with Crippen molar-refractivity contribution in [2.45, 2.75) is 5.54 Å². The summed E-state index contributed by atoms with van der Waals surface area (Å²) in [5, 5.41) is 10.2. The Hall–Kier alpha value is -4.12. The molecule has 8 heteroatoms. The molecule has 1 atom stereocenters. The van der Waals surface area contributed by atoms with Gasteiger partial charge >= 0.3 is 0 Å². The monoisotopic (exact) mass is 371 g/mol. The zero-order chi connectivity index (χ0) is 19.8. The van der Waals surface area contributed by atoms with E-state index in [1.165, 1.54) is 17.0 Å². The van der Waals surface area contributed by atoms with Gasteiger partial charge in [0.25, 0.3) is 17.0 Å². The first-order valence-electron chi connectivity index (χ1n) is 8.52. The van der Waals surface area contributed by atoms with E-state index in [0.29, 0.717) is 11.3 Å². The van der Waals surface area contributed by atoms with Crippen LogP contribution in [0.5, 0.6) is 0 Å². The molecular weight excluding hydrogens is 358 g/mol. The van der Waals surface area contributed by atoms with Crippen LogP contribution >= 0.6 is 0 Å². The number of nitrogens with two attached hydrogens (primary N) is 1. The second-order valence-corrected chi connectivity index (χ2v) is 6.74. The highest BCUT2D eigenvalue weighted by Gasteiger charge is 2.60. The number of carbonyl (C=O) groups is 1. The molecule has 0 fully saturated rings. The highest BCUT2D eigenvalue weighted by Crippen LogP contribution is 2.49. The van der Waals surface area contributed by atoms with Crippen molar-refractivity contribution in [2.75, 3.05) is 11.9 Å². The predicted octanol–water partition coefficient (Wildman–Crippen LogP) is 0.548. The number of nitrogens with zero attached hydrogens (tertiary/aromatic N) is 4. The van der Waals surface area contributed by atoms with E-state index < -0.39 is 22.6 Å². The first-order chi connectivity index (χ1) is 13.5. The van der Waals surface area contributed by atoms with Gasteiger partial charge in [0.05, 0.1) is 10.8 Å². The lowest BCUT2D eigenvalue weighted by Gasteiger charge is -2.26. The van der Waals surface area contributed by atoms with Gasteiger partial charge in [0.15, 0.2) is 0 Å². The second-order valence-electron chi connectivity index (χ2n) is 6.74. The molecule has 28 heavy (non-hydrogen) atoms. The maximum atomic E-state index is 13.5. The number of para-hydroxylation sites is 1. The standard InChI is InChI=1S/C20H13N5O3/c1-23-15-9-5-4-8-13(15)20(19(23)28)14(10-21)16(22)24-17(26)11-6-2-3-7-12(11)18(27)25(20)24/h2-9H,22H2,1H3. The van der Waals surface area contributed by atoms with Crippen molar-refractivity contribution in [1.29, 1.82) is 5.26 Å². The van der Waals surface area contributed by atoms with Crippen molar-refractivity contribution in [3.05, 3.63) is 80.4 Å². The van der Waals surface area contributed by atoms with E-state index in [1.54, 1.807) is 43.4 Å². The third kappa shape index (κ3) is 1.49. The average molecular weight is 371 g/mol. The number of aromatic nitrogens is 2. The summed E-state index contributed by atoms with van der Waals surface area (Å²) >= 11 is 0. The van der Waals surface area contributed by atoms with E-state index in [0.717, 1.165) is 9.36 Å². The molecule has 1 aromatic heterocycles. The zero-order valence-corrected chi connectivity index (χ0v) is 14.7. The Morgan fingerprint density at radius 2 is 1.57 bits per heavy atom. The minimum absolute atomic E-state index is 0.135. The van der Waals surface area contributed by atoms with E-state index in [9.17, 15) is 19.6 Å². The van der Waals surface area contributed by atoms with Crippen LogP contribution in [0.15, 0.2) is 63.7 Å². The summed E-state index contributed by atoms with van der Waals surface area (Å²) in [6.07, 6.45) is 0. The summed E-state index contributed by atoms with van der Waals surface area (Å²) < 4.78 is 1.99. The number of benzene rings is 2. The van der Waals surface area contributed by atoms with Gasteiger partial charge in [-0.15, -0.1) is 0 Å². The van der Waals surface area contributed by atoms with Crippen molar-refractivity contribution < 1.29 is 4.79 Å². The Labute approximate surface area is 157 Å². The lowest BCUT2D eigenvalue weighted by atomic mass is 9.84. The number of likely N-dealkylation sites (N-methyl/N-ethyl adjacent to an activating group) is 1. The van der Waals surface area contributed by atoms with Gasteiger partial charge in [-0.05, 0) is 18.2 Å². The number of carbonyl (C=O) groups excluding carboxylic acids is 1. The Bertz CT molecular complexity index is 1420. The normalized spacial score (nSPS) is 20.0. The van der Waals surface area contributed by atoms with Crippen LogP contribution in [0.3, 0.4) is 0 Å². The van der Waals surface area contributed by atoms with Crippen molar-refractivity contribution in [1.82, 2.24) is 9.36 Å². The Balaban J connectivity index is 2.09. The summed E-state index contributed by atoms with van der Waals surface area (Å²) in [6, 6.07) is 15.2. The molecule has 2 N–H and O–H groups in total. The highest BCUT2D eigenvalue weighted by molar-refractivity contribution is 6.12. The summed E-state index contributed by atoms with van der Waals surface area (Å²) in [4.78, 5) is 41.4. The molecule has 3 aromatic rings. The minimum Gasteiger partial charge on any atom is -0.383 e. The fourth-order valence-corrected chi connectivity index (χ4v) is 4.31. The van der Waals surface area contributed by atoms with E-state index in [-0.39, 0.29) is 22.2 Å². The number of fused-ring (bicyclic) bond motifs is 5. The first kappa shape index (κ1) is 16.1. The molecular formula is C20H13N5O3. The van der Waals surface area contributed by atoms with Gasteiger partial charge in [-0.25, -0.2) is 4.68 Å². The van der Waals surface area contributed by atoms with E-state index >= 15 is 0 Å². The van der Waals surface area contributed by atoms with Crippen molar-refractivity contribution >= 4 is 28.2 Å². The van der Waals surface area contributed by atoms with Gasteiger partial charge in [-0.1, -0.05) is 30.3 Å². The minimum atomic E-state index is -1.80. The fraction of sp³-hybridized carbons (Fsp3) is 0.100. The SMILES string of the molecule is CN1C(=O)C2(C(C#N)=C(N)n3c(=O)c4ccccc4c(=O)n32)c2ccccc21. The lowest BCUT2D eigenvalue weighted by Crippen LogP contribution is -2.52. The molecule has 0 saturated heterocycles. The largest absolute Gasteiger partial charge is 0.383 e. The number of hydrogen-bond donors (Lipinski definition) is 1. The number of rotatable bonds is 0. The van der Waals surface area contributed by atoms with Crippen LogP contribution in [-0.2, 0) is 10.3 Å². The molecule has 2 aromatic carbocycles. The molecule has 0 aliphatic carbocycles. The van der Waals surface area contributed by atoms with Crippen molar-refractivity contribution in [2.24, 2.45) is 5.73 Å². The van der Waals surface area contributed by atoms with E-state index in [4.69, 9.17) is 5.73 Å². The van der Waals surface area contributed by atoms with Gasteiger partial charge in [0, 0.05) is 18.3 Å². The maximum absolute atomic E-state index is 13.5. The molecule has 1 amide bonds. The summed E-state index contributed by atoms with van der Waals surface area (Å²) in [7, 11) is 1.56. The van der Waals surface area contributed by atoms with Crippen LogP contribution in [0.4, 0.5) is 5.69 Å². The predicted molar refractivity (Wildman–Crippen MR) is 102 cm³/mol. The molecule has 0 bridgehead atoms. The van der Waals surface area contributed by atoms with Crippen LogP contribution in [0, 0.1) is 11.3 Å². The first-order valence-corrected chi connectivity index (χ1v) is 8.52. The van der Waals surface area contributed by atoms with Crippen LogP contribution in [0.2, 0.25) is 0 Å². The molecule has 2 aliphatic heterocycles. The van der Waals surface area contributed by atoms with Gasteiger partial charge in [-0.3, -0.25) is 14.4 Å². The molecule has 0 radical (unpaired) electrons. The molecule has 1 unspecified atom stereocenters. The van der Waals surface area contributed by atoms with Crippen molar-refractivity contribution in [3.63, 3.8) is 0 Å². The van der Waals surface area contributed by atoms with Crippen LogP contribution in [0.1, 0.15) is 5.56 Å². The molecule has 5 rings (SSSR count). The molecule has 136 valence electrons. The third-order valence-electron chi connectivity index (χ3n) is 5.52.